The van der Waals surface area contributed by atoms with Gasteiger partial charge in [-0.15, -0.1) is 11.3 Å². The summed E-state index contributed by atoms with van der Waals surface area (Å²) in [6, 6.07) is 49.5. The van der Waals surface area contributed by atoms with Gasteiger partial charge in [0.2, 0.25) is 0 Å². The van der Waals surface area contributed by atoms with Crippen LogP contribution in [0.5, 0.6) is 0 Å². The van der Waals surface area contributed by atoms with E-state index in [1.54, 1.807) is 0 Å². The number of fused-ring (bicyclic) bond motifs is 9. The van der Waals surface area contributed by atoms with Crippen molar-refractivity contribution < 1.29 is 0 Å². The van der Waals surface area contributed by atoms with Crippen molar-refractivity contribution in [2.24, 2.45) is 0 Å². The molecule has 6 aromatic carbocycles. The second-order valence-electron chi connectivity index (χ2n) is 12.2. The molecule has 0 spiro atoms. The first-order chi connectivity index (χ1) is 22.1. The summed E-state index contributed by atoms with van der Waals surface area (Å²) in [7, 11) is 0. The van der Waals surface area contributed by atoms with Crippen LogP contribution in [0.1, 0.15) is 25.0 Å². The molecule has 1 aliphatic rings. The number of para-hydroxylation sites is 1. The second kappa shape index (κ2) is 9.85. The van der Waals surface area contributed by atoms with Crippen LogP contribution in [0.3, 0.4) is 0 Å². The molecule has 9 rings (SSSR count). The Hall–Kier alpha value is -5.32. The summed E-state index contributed by atoms with van der Waals surface area (Å²) in [5.74, 6) is 1.57. The van der Waals surface area contributed by atoms with E-state index in [0.29, 0.717) is 5.82 Å². The number of benzene rings is 6. The number of hydrogen-bond acceptors (Lipinski definition) is 4. The van der Waals surface area contributed by atoms with Crippen LogP contribution in [-0.2, 0) is 5.41 Å². The maximum atomic E-state index is 5.36. The molecule has 0 saturated carbocycles. The summed E-state index contributed by atoms with van der Waals surface area (Å²) >= 11 is 1.88. The zero-order valence-corrected chi connectivity index (χ0v) is 25.8. The van der Waals surface area contributed by atoms with Crippen LogP contribution in [0.15, 0.2) is 140 Å². The average molecular weight is 596 g/mol. The van der Waals surface area contributed by atoms with Gasteiger partial charge in [0.05, 0.1) is 21.8 Å². The Kier molecular flexibility index (Phi) is 5.71. The van der Waals surface area contributed by atoms with Crippen LogP contribution in [-0.4, -0.2) is 9.97 Å². The summed E-state index contributed by atoms with van der Waals surface area (Å²) in [5.41, 5.74) is 7.69. The molecule has 8 aromatic rings. The van der Waals surface area contributed by atoms with Gasteiger partial charge >= 0.3 is 0 Å². The van der Waals surface area contributed by atoms with Crippen molar-refractivity contribution in [2.45, 2.75) is 19.3 Å². The van der Waals surface area contributed by atoms with Gasteiger partial charge in [0.25, 0.3) is 0 Å². The minimum atomic E-state index is -0.246. The van der Waals surface area contributed by atoms with E-state index in [1.807, 2.05) is 23.5 Å². The van der Waals surface area contributed by atoms with Gasteiger partial charge in [-0.2, -0.15) is 0 Å². The molecule has 0 aliphatic carbocycles. The molecular formula is C41H29N3S. The number of rotatable bonds is 3. The van der Waals surface area contributed by atoms with Crippen LogP contribution in [0.2, 0.25) is 0 Å². The molecule has 2 aromatic heterocycles. The Labute approximate surface area is 266 Å². The molecule has 0 fully saturated rings. The molecule has 214 valence electrons. The Morgan fingerprint density at radius 3 is 2.00 bits per heavy atom. The van der Waals surface area contributed by atoms with Crippen molar-refractivity contribution >= 4 is 59.5 Å². The van der Waals surface area contributed by atoms with Gasteiger partial charge in [0.1, 0.15) is 5.82 Å². The average Bonchev–Trinajstić information content (AvgIpc) is 3.49. The Morgan fingerprint density at radius 1 is 0.600 bits per heavy atom. The molecule has 45 heavy (non-hydrogen) atoms. The smallest absolute Gasteiger partial charge is 0.162 e. The number of hydrogen-bond donors (Lipinski definition) is 0. The summed E-state index contributed by atoms with van der Waals surface area (Å²) in [4.78, 5) is 12.9. The van der Waals surface area contributed by atoms with Gasteiger partial charge < -0.3 is 0 Å². The molecule has 0 saturated heterocycles. The van der Waals surface area contributed by atoms with Crippen molar-refractivity contribution in [3.63, 3.8) is 0 Å². The maximum Gasteiger partial charge on any atom is 0.162 e. The summed E-state index contributed by atoms with van der Waals surface area (Å²) < 4.78 is 2.58. The monoisotopic (exact) mass is 595 g/mol. The second-order valence-corrected chi connectivity index (χ2v) is 13.3. The highest BCUT2D eigenvalue weighted by Gasteiger charge is 2.41. The summed E-state index contributed by atoms with van der Waals surface area (Å²) in [6.07, 6.45) is 0. The van der Waals surface area contributed by atoms with E-state index in [1.165, 1.54) is 47.8 Å². The topological polar surface area (TPSA) is 29.0 Å². The number of nitrogens with zero attached hydrogens (tertiary/aromatic N) is 3. The lowest BCUT2D eigenvalue weighted by Gasteiger charge is -2.42. The number of thiophene rings is 1. The van der Waals surface area contributed by atoms with Gasteiger partial charge in [0.15, 0.2) is 5.82 Å². The van der Waals surface area contributed by atoms with Gasteiger partial charge in [-0.3, -0.25) is 4.90 Å². The van der Waals surface area contributed by atoms with Crippen molar-refractivity contribution in [1.82, 2.24) is 9.97 Å². The lowest BCUT2D eigenvalue weighted by atomic mass is 9.71. The molecule has 3 heterocycles. The van der Waals surface area contributed by atoms with Gasteiger partial charge in [-0.05, 0) is 34.0 Å². The molecule has 3 nitrogen and oxygen atoms in total. The highest BCUT2D eigenvalue weighted by molar-refractivity contribution is 7.26. The predicted molar refractivity (Wildman–Crippen MR) is 190 cm³/mol. The van der Waals surface area contributed by atoms with E-state index in [0.717, 1.165) is 28.3 Å². The first kappa shape index (κ1) is 26.1. The highest BCUT2D eigenvalue weighted by atomic mass is 32.1. The fraction of sp³-hybridized carbons (Fsp3) is 0.0732. The zero-order valence-electron chi connectivity index (χ0n) is 25.0. The third-order valence-electron chi connectivity index (χ3n) is 9.22. The predicted octanol–water partition coefficient (Wildman–Crippen LogP) is 11.4. The maximum absolute atomic E-state index is 5.36. The van der Waals surface area contributed by atoms with E-state index < -0.39 is 0 Å². The first-order valence-corrected chi connectivity index (χ1v) is 16.2. The Bertz CT molecular complexity index is 2350. The highest BCUT2D eigenvalue weighted by Crippen LogP contribution is 2.58. The summed E-state index contributed by atoms with van der Waals surface area (Å²) in [5, 5.41) is 5.19. The van der Waals surface area contributed by atoms with E-state index in [2.05, 4.69) is 146 Å². The lowest BCUT2D eigenvalue weighted by molar-refractivity contribution is 0.638. The zero-order chi connectivity index (χ0) is 30.1. The Balaban J connectivity index is 1.45. The van der Waals surface area contributed by atoms with Crippen molar-refractivity contribution in [3.8, 4) is 22.6 Å². The molecule has 0 bridgehead atoms. The van der Waals surface area contributed by atoms with Crippen LogP contribution in [0.4, 0.5) is 17.2 Å². The van der Waals surface area contributed by atoms with E-state index in [4.69, 9.17) is 9.97 Å². The van der Waals surface area contributed by atoms with Crippen molar-refractivity contribution in [1.29, 1.82) is 0 Å². The van der Waals surface area contributed by atoms with Gasteiger partial charge in [0, 0.05) is 38.1 Å². The Morgan fingerprint density at radius 2 is 1.22 bits per heavy atom. The van der Waals surface area contributed by atoms with Crippen LogP contribution >= 0.6 is 11.3 Å². The molecule has 0 atom stereocenters. The lowest BCUT2D eigenvalue weighted by Crippen LogP contribution is -2.31. The third kappa shape index (κ3) is 3.89. The molecule has 0 unspecified atom stereocenters. The first-order valence-electron chi connectivity index (χ1n) is 15.4. The molecule has 0 N–H and O–H groups in total. The number of aromatic nitrogens is 2. The normalized spacial score (nSPS) is 13.7. The number of anilines is 3. The van der Waals surface area contributed by atoms with Crippen molar-refractivity contribution in [3.05, 3.63) is 151 Å². The quantitative estimate of drug-likeness (QED) is 0.203. The van der Waals surface area contributed by atoms with Gasteiger partial charge in [-0.25, -0.2) is 9.97 Å². The summed E-state index contributed by atoms with van der Waals surface area (Å²) in [6.45, 7) is 4.75. The minimum Gasteiger partial charge on any atom is -0.293 e. The standard InChI is InChI=1S/C41H29N3S/c1-41(2)31-22-12-13-23-33(31)44(35-25-32(26-15-5-3-6-16-26)42-40(43-35)27-17-7-4-8-18-27)38-37(41)29-20-10-9-19-28(29)36-30-21-11-14-24-34(30)45-39(36)38/h3-25H,1-2H3. The van der Waals surface area contributed by atoms with Gasteiger partial charge in [-0.1, -0.05) is 135 Å². The van der Waals surface area contributed by atoms with E-state index in [9.17, 15) is 0 Å². The fourth-order valence-electron chi connectivity index (χ4n) is 7.20. The molecular weight excluding hydrogens is 567 g/mol. The fourth-order valence-corrected chi connectivity index (χ4v) is 8.46. The SMILES string of the molecule is CC1(C)c2ccccc2N(c2cc(-c3ccccc3)nc(-c3ccccc3)n2)c2c1c1ccccc1c1c2sc2ccccc21. The molecule has 4 heteroatoms. The van der Waals surface area contributed by atoms with Crippen LogP contribution in [0.25, 0.3) is 53.6 Å². The molecule has 1 aliphatic heterocycles. The largest absolute Gasteiger partial charge is 0.293 e. The van der Waals surface area contributed by atoms with Crippen LogP contribution in [0, 0.1) is 0 Å². The van der Waals surface area contributed by atoms with Crippen molar-refractivity contribution in [2.75, 3.05) is 4.90 Å². The molecule has 0 radical (unpaired) electrons. The van der Waals surface area contributed by atoms with E-state index in [-0.39, 0.29) is 5.41 Å². The minimum absolute atomic E-state index is 0.246. The van der Waals surface area contributed by atoms with E-state index >= 15 is 0 Å². The molecule has 0 amide bonds. The van der Waals surface area contributed by atoms with Crippen LogP contribution < -0.4 is 4.90 Å². The third-order valence-corrected chi connectivity index (χ3v) is 10.4.